The third kappa shape index (κ3) is 3.96. The number of anilines is 2. The maximum atomic E-state index is 6.37. The van der Waals surface area contributed by atoms with Gasteiger partial charge in [0.05, 0.1) is 34.5 Å². The molecule has 3 aromatic rings. The van der Waals surface area contributed by atoms with Crippen molar-refractivity contribution in [3.05, 3.63) is 70.2 Å². The average Bonchev–Trinajstić information content (AvgIpc) is 3.29. The lowest BCUT2D eigenvalue weighted by Crippen LogP contribution is -3.00. The first-order chi connectivity index (χ1) is 15.6. The van der Waals surface area contributed by atoms with Crippen LogP contribution in [0.25, 0.3) is 16.6 Å². The second kappa shape index (κ2) is 9.88. The summed E-state index contributed by atoms with van der Waals surface area (Å²) < 4.78 is 4.95. The van der Waals surface area contributed by atoms with Crippen LogP contribution in [-0.4, -0.2) is 17.7 Å². The second-order valence-electron chi connectivity index (χ2n) is 8.27. The molecule has 0 bridgehead atoms. The lowest BCUT2D eigenvalue weighted by molar-refractivity contribution is -0.678. The van der Waals surface area contributed by atoms with Gasteiger partial charge in [0.15, 0.2) is 11.0 Å². The average molecular weight is 595 g/mol. The van der Waals surface area contributed by atoms with E-state index in [1.165, 1.54) is 28.3 Å². The maximum Gasteiger partial charge on any atom is 0.285 e. The number of hydrogen-bond donors (Lipinski definition) is 0. The lowest BCUT2D eigenvalue weighted by Gasteiger charge is -2.23. The monoisotopic (exact) mass is 594 g/mol. The predicted octanol–water partition coefficient (Wildman–Crippen LogP) is 3.64. The van der Waals surface area contributed by atoms with E-state index in [4.69, 9.17) is 23.2 Å². The zero-order chi connectivity index (χ0) is 22.4. The molecule has 0 saturated heterocycles. The Labute approximate surface area is 223 Å². The number of halogens is 3. The Bertz CT molecular complexity index is 1190. The van der Waals surface area contributed by atoms with Crippen molar-refractivity contribution in [3.8, 4) is 0 Å². The van der Waals surface area contributed by atoms with E-state index in [0.29, 0.717) is 10.0 Å². The van der Waals surface area contributed by atoms with Crippen LogP contribution in [0.15, 0.2) is 54.4 Å². The maximum absolute atomic E-state index is 6.37. The van der Waals surface area contributed by atoms with Crippen molar-refractivity contribution in [2.75, 3.05) is 22.9 Å². The molecule has 0 unspecified atom stereocenters. The van der Waals surface area contributed by atoms with E-state index in [1.54, 1.807) is 0 Å². The van der Waals surface area contributed by atoms with Crippen molar-refractivity contribution >= 4 is 51.2 Å². The Kier molecular flexibility index (Phi) is 7.32. The lowest BCUT2D eigenvalue weighted by atomic mass is 10.0. The molecule has 0 fully saturated rings. The van der Waals surface area contributed by atoms with E-state index in [1.807, 2.05) is 12.1 Å². The van der Waals surface area contributed by atoms with Crippen LogP contribution in [0.1, 0.15) is 39.4 Å². The quantitative estimate of drug-likeness (QED) is 0.339. The smallest absolute Gasteiger partial charge is 0.285 e. The number of hydrogen-bond acceptors (Lipinski definition) is 2. The van der Waals surface area contributed by atoms with E-state index >= 15 is 0 Å². The van der Waals surface area contributed by atoms with Gasteiger partial charge in [-0.1, -0.05) is 35.3 Å². The summed E-state index contributed by atoms with van der Waals surface area (Å²) in [4.78, 5) is 4.65. The molecule has 0 radical (unpaired) electrons. The summed E-state index contributed by atoms with van der Waals surface area (Å²) in [6.07, 6.45) is 6.84. The molecule has 0 N–H and O–H groups in total. The van der Waals surface area contributed by atoms with Gasteiger partial charge in [0.2, 0.25) is 0 Å². The largest absolute Gasteiger partial charge is 1.00 e. The number of rotatable bonds is 4. The fraction of sp³-hybridized carbons (Fsp3) is 0.346. The first-order valence-corrected chi connectivity index (χ1v) is 12.3. The van der Waals surface area contributed by atoms with Gasteiger partial charge in [-0.05, 0) is 70.0 Å². The SMILES string of the molecule is CCN1C(=CC=C2CCC[n+]3c2n(CC)c2ccccc23)N(CC)c2cc(Cl)c(Cl)cc21.[I-]. The normalized spacial score (nSPS) is 16.3. The van der Waals surface area contributed by atoms with Gasteiger partial charge in [-0.2, -0.15) is 0 Å². The summed E-state index contributed by atoms with van der Waals surface area (Å²) in [5.74, 6) is 2.51. The van der Waals surface area contributed by atoms with Gasteiger partial charge >= 0.3 is 0 Å². The first-order valence-electron chi connectivity index (χ1n) is 11.5. The number of fused-ring (bicyclic) bond motifs is 4. The molecule has 5 rings (SSSR count). The number of para-hydroxylation sites is 2. The summed E-state index contributed by atoms with van der Waals surface area (Å²) in [5.41, 5.74) is 6.27. The third-order valence-corrected chi connectivity index (χ3v) is 7.35. The van der Waals surface area contributed by atoms with Crippen LogP contribution in [0, 0.1) is 0 Å². The Balaban J connectivity index is 0.00000259. The standard InChI is InChI=1S/C26H29Cl2N4.HI/c1-4-29-23-16-19(27)20(28)17-24(23)30(5-2)25(29)14-13-18-10-9-15-32-22-12-8-7-11-21(22)31(6-3)26(18)32;/h7-8,11-14,16-17H,4-6,9-10,15H2,1-3H3;1H/q+1;/p-1. The van der Waals surface area contributed by atoms with E-state index in [2.05, 4.69) is 76.1 Å². The van der Waals surface area contributed by atoms with Gasteiger partial charge < -0.3 is 33.8 Å². The van der Waals surface area contributed by atoms with Gasteiger partial charge in [0.25, 0.3) is 5.82 Å². The molecule has 0 atom stereocenters. The van der Waals surface area contributed by atoms with Gasteiger partial charge in [-0.15, -0.1) is 0 Å². The fourth-order valence-electron chi connectivity index (χ4n) is 5.26. The molecule has 1 aromatic heterocycles. The van der Waals surface area contributed by atoms with Crippen LogP contribution in [0.5, 0.6) is 0 Å². The number of benzene rings is 2. The molecule has 2 aliphatic heterocycles. The minimum absolute atomic E-state index is 0. The molecule has 2 aliphatic rings. The highest BCUT2D eigenvalue weighted by atomic mass is 127. The zero-order valence-electron chi connectivity index (χ0n) is 19.3. The molecule has 0 spiro atoms. The third-order valence-electron chi connectivity index (χ3n) is 6.62. The van der Waals surface area contributed by atoms with Gasteiger partial charge in [-0.3, -0.25) is 0 Å². The van der Waals surface area contributed by atoms with E-state index in [9.17, 15) is 0 Å². The number of aromatic nitrogens is 2. The minimum atomic E-state index is 0. The van der Waals surface area contributed by atoms with Crippen LogP contribution in [0.2, 0.25) is 10.0 Å². The molecule has 0 saturated carbocycles. The predicted molar refractivity (Wildman–Crippen MR) is 136 cm³/mol. The summed E-state index contributed by atoms with van der Waals surface area (Å²) in [6, 6.07) is 12.7. The summed E-state index contributed by atoms with van der Waals surface area (Å²) >= 11 is 12.7. The second-order valence-corrected chi connectivity index (χ2v) is 9.09. The summed E-state index contributed by atoms with van der Waals surface area (Å²) in [7, 11) is 0. The molecule has 0 amide bonds. The van der Waals surface area contributed by atoms with Crippen LogP contribution in [0.4, 0.5) is 11.4 Å². The first kappa shape index (κ1) is 24.4. The molecular formula is C26H29Cl2IN4. The van der Waals surface area contributed by atoms with Crippen LogP contribution >= 0.6 is 23.2 Å². The van der Waals surface area contributed by atoms with Crippen LogP contribution in [-0.2, 0) is 13.1 Å². The Morgan fingerprint density at radius 2 is 1.55 bits per heavy atom. The van der Waals surface area contributed by atoms with Crippen molar-refractivity contribution < 1.29 is 28.5 Å². The van der Waals surface area contributed by atoms with E-state index < -0.39 is 0 Å². The summed E-state index contributed by atoms with van der Waals surface area (Å²) in [6.45, 7) is 10.3. The number of aryl methyl sites for hydroxylation is 2. The Morgan fingerprint density at radius 3 is 2.15 bits per heavy atom. The highest BCUT2D eigenvalue weighted by molar-refractivity contribution is 6.42. The Hall–Kier alpha value is -1.70. The molecule has 174 valence electrons. The van der Waals surface area contributed by atoms with Crippen molar-refractivity contribution in [3.63, 3.8) is 0 Å². The molecule has 33 heavy (non-hydrogen) atoms. The van der Waals surface area contributed by atoms with Gasteiger partial charge in [0.1, 0.15) is 5.82 Å². The minimum Gasteiger partial charge on any atom is -1.00 e. The van der Waals surface area contributed by atoms with Gasteiger partial charge in [-0.25, -0.2) is 9.13 Å². The summed E-state index contributed by atoms with van der Waals surface area (Å²) in [5, 5.41) is 1.20. The number of imidazole rings is 1. The highest BCUT2D eigenvalue weighted by Crippen LogP contribution is 2.45. The van der Waals surface area contributed by atoms with Crippen molar-refractivity contribution in [2.45, 2.75) is 46.7 Å². The van der Waals surface area contributed by atoms with Crippen LogP contribution < -0.4 is 38.3 Å². The van der Waals surface area contributed by atoms with E-state index in [-0.39, 0.29) is 24.0 Å². The molecule has 2 aromatic carbocycles. The number of allylic oxidation sites excluding steroid dienone is 3. The topological polar surface area (TPSA) is 15.3 Å². The van der Waals surface area contributed by atoms with Crippen LogP contribution in [0.3, 0.4) is 0 Å². The molecule has 4 nitrogen and oxygen atoms in total. The van der Waals surface area contributed by atoms with Crippen molar-refractivity contribution in [1.29, 1.82) is 0 Å². The van der Waals surface area contributed by atoms with Crippen molar-refractivity contribution in [2.24, 2.45) is 0 Å². The Morgan fingerprint density at radius 1 is 0.909 bits per heavy atom. The fourth-order valence-corrected chi connectivity index (χ4v) is 5.57. The van der Waals surface area contributed by atoms with Gasteiger partial charge in [0, 0.05) is 18.7 Å². The molecule has 7 heteroatoms. The number of nitrogens with zero attached hydrogens (tertiary/aromatic N) is 4. The molecular weight excluding hydrogens is 566 g/mol. The van der Waals surface area contributed by atoms with E-state index in [0.717, 1.165) is 50.4 Å². The van der Waals surface area contributed by atoms with Crippen molar-refractivity contribution in [1.82, 2.24) is 4.57 Å². The molecule has 0 aliphatic carbocycles. The molecule has 3 heterocycles. The zero-order valence-corrected chi connectivity index (χ0v) is 23.0. The highest BCUT2D eigenvalue weighted by Gasteiger charge is 2.32.